The lowest BCUT2D eigenvalue weighted by molar-refractivity contribution is -0.139. The van der Waals surface area contributed by atoms with Crippen LogP contribution in [0, 0.1) is 34.6 Å². The summed E-state index contributed by atoms with van der Waals surface area (Å²) >= 11 is 6.31. The second-order valence-corrected chi connectivity index (χ2v) is 21.0. The summed E-state index contributed by atoms with van der Waals surface area (Å²) in [7, 11) is 1.95. The molecule has 0 fully saturated rings. The molecule has 0 saturated heterocycles. The number of anilines is 6. The van der Waals surface area contributed by atoms with Crippen molar-refractivity contribution in [3.63, 3.8) is 0 Å². The van der Waals surface area contributed by atoms with Crippen molar-refractivity contribution in [1.29, 1.82) is 0 Å². The quantitative estimate of drug-likeness (QED) is 0.0480. The number of aliphatic carboxylic acids is 3. The molecule has 0 spiro atoms. The molecule has 0 amide bonds. The average molecular weight is 1160 g/mol. The molecular formula is C58H70ClN15O9. The van der Waals surface area contributed by atoms with Crippen molar-refractivity contribution >= 4 is 101 Å². The highest BCUT2D eigenvalue weighted by Crippen LogP contribution is 2.40. The molecule has 1 atom stereocenters. The van der Waals surface area contributed by atoms with E-state index >= 15 is 0 Å². The first-order chi connectivity index (χ1) is 39.4. The minimum Gasteiger partial charge on any atom is -0.481 e. The Labute approximate surface area is 481 Å². The van der Waals surface area contributed by atoms with Crippen LogP contribution in [0.3, 0.4) is 0 Å². The van der Waals surface area contributed by atoms with E-state index in [1.165, 1.54) is 0 Å². The first-order valence-electron chi connectivity index (χ1n) is 27.1. The van der Waals surface area contributed by atoms with Gasteiger partial charge in [0, 0.05) is 50.6 Å². The zero-order chi connectivity index (χ0) is 60.4. The van der Waals surface area contributed by atoms with E-state index in [4.69, 9.17) is 32.7 Å². The van der Waals surface area contributed by atoms with Gasteiger partial charge in [-0.2, -0.15) is 0 Å². The van der Waals surface area contributed by atoms with Crippen LogP contribution in [0.4, 0.5) is 51.6 Å². The van der Waals surface area contributed by atoms with E-state index in [9.17, 15) is 28.8 Å². The highest BCUT2D eigenvalue weighted by atomic mass is 35.5. The largest absolute Gasteiger partial charge is 0.481 e. The fraction of sp³-hybridized carbons (Fsp3) is 0.379. The number of H-pyrrole nitrogens is 3. The van der Waals surface area contributed by atoms with Gasteiger partial charge in [0.2, 0.25) is 0 Å². The summed E-state index contributed by atoms with van der Waals surface area (Å²) < 4.78 is 0. The summed E-state index contributed by atoms with van der Waals surface area (Å²) in [5.74, 6) is -1.13. The van der Waals surface area contributed by atoms with E-state index in [2.05, 4.69) is 80.9 Å². The average Bonchev–Trinajstić information content (AvgIpc) is 3.01. The van der Waals surface area contributed by atoms with Crippen molar-refractivity contribution in [2.24, 2.45) is 20.7 Å². The molecule has 9 N–H and O–H groups in total. The molecule has 0 radical (unpaired) electrons. The Kier molecular flexibility index (Phi) is 20.4. The minimum absolute atomic E-state index is 0.152. The topological polar surface area (TPSA) is 337 Å². The van der Waals surface area contributed by atoms with Gasteiger partial charge in [0.15, 0.2) is 33.5 Å². The van der Waals surface area contributed by atoms with Crippen molar-refractivity contribution in [2.75, 3.05) is 67.6 Å². The fourth-order valence-electron chi connectivity index (χ4n) is 9.37. The fourth-order valence-corrected chi connectivity index (χ4v) is 9.53. The number of carboxylic acids is 3. The maximum absolute atomic E-state index is 12.4. The number of rotatable bonds is 21. The number of unbranched alkanes of at least 4 members (excludes halogenated alkanes) is 3. The van der Waals surface area contributed by atoms with E-state index in [0.29, 0.717) is 104 Å². The molecule has 0 aliphatic carbocycles. The lowest BCUT2D eigenvalue weighted by Crippen LogP contribution is -2.44. The molecule has 9 rings (SSSR count). The molecule has 83 heavy (non-hydrogen) atoms. The molecule has 438 valence electrons. The number of hydrogen-bond acceptors (Lipinski definition) is 18. The first kappa shape index (κ1) is 61.9. The summed E-state index contributed by atoms with van der Waals surface area (Å²) in [5, 5.41) is 31.0. The number of carboxylic acid groups (broad SMARTS) is 3. The predicted molar refractivity (Wildman–Crippen MR) is 320 cm³/mol. The molecule has 0 saturated carbocycles. The van der Waals surface area contributed by atoms with Gasteiger partial charge in [0.05, 0.1) is 34.1 Å². The van der Waals surface area contributed by atoms with Crippen molar-refractivity contribution in [2.45, 2.75) is 92.0 Å². The van der Waals surface area contributed by atoms with Crippen LogP contribution in [0.15, 0.2) is 65.8 Å². The third kappa shape index (κ3) is 15.4. The summed E-state index contributed by atoms with van der Waals surface area (Å²) in [6, 6.07) is 10.8. The van der Waals surface area contributed by atoms with Crippen molar-refractivity contribution in [1.82, 2.24) is 40.1 Å². The monoisotopic (exact) mass is 1160 g/mol. The smallest absolute Gasteiger partial charge is 0.320 e. The van der Waals surface area contributed by atoms with Gasteiger partial charge in [-0.3, -0.25) is 28.8 Å². The predicted octanol–water partition coefficient (Wildman–Crippen LogP) is 3.17. The van der Waals surface area contributed by atoms with Gasteiger partial charge >= 0.3 is 17.9 Å². The normalized spacial score (nSPS) is 12.8. The van der Waals surface area contributed by atoms with Crippen LogP contribution in [0.25, 0.3) is 19.7 Å². The molecule has 0 bridgehead atoms. The molecule has 6 heterocycles. The van der Waals surface area contributed by atoms with Crippen LogP contribution in [-0.4, -0.2) is 127 Å². The van der Waals surface area contributed by atoms with Crippen molar-refractivity contribution in [3.8, 4) is 0 Å². The highest BCUT2D eigenvalue weighted by molar-refractivity contribution is 6.31. The second kappa shape index (κ2) is 27.4. The van der Waals surface area contributed by atoms with Crippen molar-refractivity contribution < 1.29 is 29.7 Å². The number of nitrogens with two attached hydrogens (primary N) is 1. The Morgan fingerprint density at radius 1 is 0.578 bits per heavy atom. The number of aromatic amines is 3. The number of likely N-dealkylation sites (N-methyl/N-ethyl adjacent to an activating group) is 1. The standard InChI is InChI=1S/C20H25N5O3.C19H21ClN4O3.C19H24N6O3/c1-12-10-15-16(11-13(12)2)25(9-8-24(4)7-5-6-17(26)27)19-18(23-15)20(28)22-14(3)21-19;1-11-9-14-15(10-13(11)20)24(8-6-4-3-5-7-16(25)26)18-17(23-14)19(27)22-12(2)21-18;1-10-8-14-15(9-11(10)2)25(7-6-21-5-4-13(20)19(27)28)17-16(24-14)18(26)23-12(3)22-17/h10-11H,3,5-9H2,1-2,4H3,(H,22,28)(H,26,27);9-10H,2-8H2,1H3,(H,22,27)(H,25,26);8-9,13,21H,3-7,20H2,1-2H3,(H,23,26)(H,27,28)/t;;13-/m..1/s1. The number of halogens is 1. The zero-order valence-electron chi connectivity index (χ0n) is 47.5. The molecule has 3 aromatic carbocycles. The summed E-state index contributed by atoms with van der Waals surface area (Å²) in [5.41, 5.74) is 15.5. The van der Waals surface area contributed by atoms with Crippen molar-refractivity contribution in [3.05, 3.63) is 133 Å². The Morgan fingerprint density at radius 3 is 1.46 bits per heavy atom. The number of hydrogen-bond donors (Lipinski definition) is 8. The number of carbonyl (C=O) groups is 3. The number of benzene rings is 3. The van der Waals surface area contributed by atoms with E-state index in [1.54, 1.807) is 0 Å². The Hall–Kier alpha value is -8.71. The van der Waals surface area contributed by atoms with Crippen LogP contribution >= 0.6 is 11.6 Å². The Bertz CT molecular complexity index is 4020. The minimum atomic E-state index is -1.01. The zero-order valence-corrected chi connectivity index (χ0v) is 48.2. The van der Waals surface area contributed by atoms with Gasteiger partial charge in [-0.05, 0) is 145 Å². The number of aromatic nitrogens is 6. The molecule has 25 heteroatoms. The maximum Gasteiger partial charge on any atom is 0.320 e. The van der Waals surface area contributed by atoms with E-state index in [-0.39, 0.29) is 56.6 Å². The summed E-state index contributed by atoms with van der Waals surface area (Å²) in [6.07, 6.45) is 4.46. The van der Waals surface area contributed by atoms with Gasteiger partial charge in [0.1, 0.15) is 22.5 Å². The SMILES string of the molecule is C=c1nc2c(c(=O)[nH]1)=Nc1cc(C)c(C)cc1N2CCN(C)CCCC(=O)O.C=c1nc2c(c(=O)[nH]1)=Nc1cc(C)c(C)cc1N2CCNCC[C@@H](N)C(=O)O.C=c1nc2c(c(=O)[nH]1)=Nc1cc(C)c(Cl)cc1N2CCCCCCC(=O)O. The summed E-state index contributed by atoms with van der Waals surface area (Å²) in [6.45, 7) is 25.3. The van der Waals surface area contributed by atoms with Gasteiger partial charge in [-0.15, -0.1) is 0 Å². The van der Waals surface area contributed by atoms with Gasteiger partial charge < -0.3 is 60.9 Å². The molecular weight excluding hydrogens is 1090 g/mol. The van der Waals surface area contributed by atoms with E-state index in [1.807, 2.05) is 86.7 Å². The lowest BCUT2D eigenvalue weighted by Gasteiger charge is -2.30. The third-order valence-corrected chi connectivity index (χ3v) is 14.6. The number of nitrogens with zero attached hydrogens (tertiary/aromatic N) is 10. The molecule has 6 aromatic rings. The summed E-state index contributed by atoms with van der Waals surface area (Å²) in [4.78, 5) is 112. The lowest BCUT2D eigenvalue weighted by atomic mass is 10.1. The number of fused-ring (bicyclic) bond motifs is 6. The first-order valence-corrected chi connectivity index (χ1v) is 27.5. The van der Waals surface area contributed by atoms with Crippen LogP contribution in [0.1, 0.15) is 79.2 Å². The van der Waals surface area contributed by atoms with Gasteiger partial charge in [-0.25, -0.2) is 29.9 Å². The van der Waals surface area contributed by atoms with Gasteiger partial charge in [-0.1, -0.05) is 44.2 Å². The van der Waals surface area contributed by atoms with E-state index in [0.717, 1.165) is 69.8 Å². The highest BCUT2D eigenvalue weighted by Gasteiger charge is 2.27. The maximum atomic E-state index is 12.4. The Morgan fingerprint density at radius 2 is 0.988 bits per heavy atom. The van der Waals surface area contributed by atoms with Gasteiger partial charge in [0.25, 0.3) is 16.7 Å². The molecule has 3 aliphatic rings. The van der Waals surface area contributed by atoms with Crippen LogP contribution < -0.4 is 74.9 Å². The number of nitrogens with one attached hydrogen (secondary N) is 4. The molecule has 3 aromatic heterocycles. The molecule has 24 nitrogen and oxygen atoms in total. The van der Waals surface area contributed by atoms with E-state index < -0.39 is 23.9 Å². The number of aryl methyl sites for hydroxylation is 5. The molecule has 3 aliphatic heterocycles. The van der Waals surface area contributed by atoms with Crippen LogP contribution in [-0.2, 0) is 14.4 Å². The van der Waals surface area contributed by atoms with Crippen LogP contribution in [0.2, 0.25) is 5.02 Å². The van der Waals surface area contributed by atoms with Crippen LogP contribution in [0.5, 0.6) is 0 Å². The second-order valence-electron chi connectivity index (χ2n) is 20.6. The molecule has 0 unspecified atom stereocenters. The Balaban J connectivity index is 0.000000179. The third-order valence-electron chi connectivity index (χ3n) is 14.2.